The van der Waals surface area contributed by atoms with Crippen LogP contribution in [0.2, 0.25) is 0 Å². The summed E-state index contributed by atoms with van der Waals surface area (Å²) >= 11 is 0. The molecule has 10 nitrogen and oxygen atoms in total. The maximum Gasteiger partial charge on any atom is 0.351 e. The van der Waals surface area contributed by atoms with Gasteiger partial charge in [-0.15, -0.1) is 0 Å². The van der Waals surface area contributed by atoms with Gasteiger partial charge in [0.1, 0.15) is 24.1 Å². The summed E-state index contributed by atoms with van der Waals surface area (Å²) in [5.74, 6) is -0.184. The lowest BCUT2D eigenvalue weighted by molar-refractivity contribution is -0.140. The first-order chi connectivity index (χ1) is 12.3. The third kappa shape index (κ3) is 4.39. The van der Waals surface area contributed by atoms with Gasteiger partial charge in [-0.1, -0.05) is 6.92 Å². The number of esters is 1. The van der Waals surface area contributed by atoms with Crippen LogP contribution in [0.5, 0.6) is 0 Å². The summed E-state index contributed by atoms with van der Waals surface area (Å²) in [4.78, 5) is 27.1. The van der Waals surface area contributed by atoms with Gasteiger partial charge in [0.2, 0.25) is 0 Å². The Morgan fingerprint density at radius 2 is 2.15 bits per heavy atom. The van der Waals surface area contributed by atoms with Crippen molar-refractivity contribution in [3.05, 3.63) is 22.2 Å². The Morgan fingerprint density at radius 1 is 1.46 bits per heavy atom. The van der Waals surface area contributed by atoms with E-state index in [4.69, 9.17) is 10.5 Å². The van der Waals surface area contributed by atoms with Crippen LogP contribution in [0.4, 0.5) is 5.82 Å². The summed E-state index contributed by atoms with van der Waals surface area (Å²) in [7, 11) is 1.33. The number of carbonyl (C=O) groups is 1. The summed E-state index contributed by atoms with van der Waals surface area (Å²) in [5.41, 5.74) is 5.65. The number of methoxy groups -OCH3 is 1. The van der Waals surface area contributed by atoms with Crippen molar-refractivity contribution in [1.82, 2.24) is 9.55 Å². The topological polar surface area (TPSA) is 157 Å². The number of nitrogen functional groups attached to an aromatic ring is 1. The van der Waals surface area contributed by atoms with Gasteiger partial charge in [-0.25, -0.2) is 4.79 Å². The van der Waals surface area contributed by atoms with E-state index in [0.29, 0.717) is 18.4 Å². The Morgan fingerprint density at radius 3 is 2.73 bits per heavy atom. The van der Waals surface area contributed by atoms with Crippen molar-refractivity contribution in [2.45, 2.75) is 50.7 Å². The third-order valence-electron chi connectivity index (χ3n) is 4.49. The highest BCUT2D eigenvalue weighted by Crippen LogP contribution is 2.29. The van der Waals surface area contributed by atoms with E-state index in [0.717, 1.165) is 4.57 Å². The SMILES string of the molecule is COC(=O)CCC(C)Cc1cn([C@@H]2O[C@H](CO)[C@@H](O)[C@H]2O)c(=O)nc1N. The van der Waals surface area contributed by atoms with Crippen LogP contribution < -0.4 is 11.4 Å². The second kappa shape index (κ2) is 8.58. The van der Waals surface area contributed by atoms with E-state index in [9.17, 15) is 24.9 Å². The molecule has 0 radical (unpaired) electrons. The van der Waals surface area contributed by atoms with E-state index in [2.05, 4.69) is 9.72 Å². The largest absolute Gasteiger partial charge is 0.469 e. The van der Waals surface area contributed by atoms with Crippen LogP contribution in [0, 0.1) is 5.92 Å². The molecule has 10 heteroatoms. The number of aromatic nitrogens is 2. The second-order valence-corrected chi connectivity index (χ2v) is 6.49. The molecule has 5 N–H and O–H groups in total. The van der Waals surface area contributed by atoms with Gasteiger partial charge in [0, 0.05) is 18.2 Å². The number of aliphatic hydroxyl groups excluding tert-OH is 3. The fourth-order valence-corrected chi connectivity index (χ4v) is 2.92. The summed E-state index contributed by atoms with van der Waals surface area (Å²) in [6, 6.07) is 0. The zero-order chi connectivity index (χ0) is 19.4. The number of rotatable bonds is 7. The van der Waals surface area contributed by atoms with Crippen molar-refractivity contribution in [2.75, 3.05) is 19.5 Å². The summed E-state index contributed by atoms with van der Waals surface area (Å²) in [6.45, 7) is 1.42. The highest BCUT2D eigenvalue weighted by atomic mass is 16.6. The molecule has 0 saturated carbocycles. The molecule has 146 valence electrons. The molecule has 1 aliphatic heterocycles. The first-order valence-corrected chi connectivity index (χ1v) is 8.35. The number of anilines is 1. The average Bonchev–Trinajstić information content (AvgIpc) is 2.90. The van der Waals surface area contributed by atoms with Gasteiger partial charge in [0.25, 0.3) is 0 Å². The summed E-state index contributed by atoms with van der Waals surface area (Å²) in [5, 5.41) is 29.1. The first kappa shape index (κ1) is 20.3. The molecule has 1 fully saturated rings. The number of ether oxygens (including phenoxy) is 2. The van der Waals surface area contributed by atoms with E-state index in [-0.39, 0.29) is 24.1 Å². The molecular formula is C16H25N3O7. The fraction of sp³-hybridized carbons (Fsp3) is 0.688. The smallest absolute Gasteiger partial charge is 0.351 e. The number of nitrogens with two attached hydrogens (primary N) is 1. The van der Waals surface area contributed by atoms with Gasteiger partial charge in [-0.05, 0) is 18.8 Å². The zero-order valence-corrected chi connectivity index (χ0v) is 14.7. The van der Waals surface area contributed by atoms with Crippen LogP contribution in [-0.2, 0) is 20.7 Å². The monoisotopic (exact) mass is 371 g/mol. The Hall–Kier alpha value is -2.01. The molecule has 1 saturated heterocycles. The summed E-state index contributed by atoms with van der Waals surface area (Å²) < 4.78 is 11.0. The Bertz CT molecular complexity index is 693. The molecule has 0 aliphatic carbocycles. The van der Waals surface area contributed by atoms with Crippen LogP contribution in [0.15, 0.2) is 11.0 Å². The minimum atomic E-state index is -1.39. The maximum absolute atomic E-state index is 12.1. The Labute approximate surface area is 150 Å². The Balaban J connectivity index is 2.19. The average molecular weight is 371 g/mol. The lowest BCUT2D eigenvalue weighted by Crippen LogP contribution is -2.36. The molecule has 1 aromatic rings. The van der Waals surface area contributed by atoms with Crippen LogP contribution in [0.25, 0.3) is 0 Å². The van der Waals surface area contributed by atoms with Crippen LogP contribution >= 0.6 is 0 Å². The predicted octanol–water partition coefficient (Wildman–Crippen LogP) is -1.43. The van der Waals surface area contributed by atoms with Gasteiger partial charge < -0.3 is 30.5 Å². The zero-order valence-electron chi connectivity index (χ0n) is 14.7. The van der Waals surface area contributed by atoms with Crippen molar-refractivity contribution in [1.29, 1.82) is 0 Å². The van der Waals surface area contributed by atoms with E-state index < -0.39 is 36.8 Å². The van der Waals surface area contributed by atoms with Crippen molar-refractivity contribution < 1.29 is 29.6 Å². The number of hydrogen-bond acceptors (Lipinski definition) is 9. The lowest BCUT2D eigenvalue weighted by Gasteiger charge is -2.19. The van der Waals surface area contributed by atoms with Crippen LogP contribution in [-0.4, -0.2) is 62.9 Å². The highest BCUT2D eigenvalue weighted by molar-refractivity contribution is 5.69. The normalized spacial score (nSPS) is 26.7. The van der Waals surface area contributed by atoms with Crippen LogP contribution in [0.1, 0.15) is 31.6 Å². The summed E-state index contributed by atoms with van der Waals surface area (Å²) in [6.07, 6.45) is -2.17. The Kier molecular flexibility index (Phi) is 6.70. The molecule has 0 amide bonds. The molecule has 1 aliphatic rings. The van der Waals surface area contributed by atoms with Gasteiger partial charge in [0.15, 0.2) is 6.23 Å². The minimum absolute atomic E-state index is 0.0583. The van der Waals surface area contributed by atoms with Crippen molar-refractivity contribution >= 4 is 11.8 Å². The number of aliphatic hydroxyl groups is 3. The van der Waals surface area contributed by atoms with Gasteiger partial charge in [-0.3, -0.25) is 9.36 Å². The van der Waals surface area contributed by atoms with Crippen molar-refractivity contribution in [3.8, 4) is 0 Å². The quantitative estimate of drug-likeness (QED) is 0.422. The molecule has 2 heterocycles. The standard InChI is InChI=1S/C16H25N3O7/c1-8(3-4-11(21)25-2)5-9-6-19(16(24)18-14(9)17)15-13(23)12(22)10(7-20)26-15/h6,8,10,12-13,15,20,22-23H,3-5,7H2,1-2H3,(H2,17,18,24)/t8?,10-,12-,13-,15-/m1/s1. The van der Waals surface area contributed by atoms with Gasteiger partial charge in [0.05, 0.1) is 13.7 Å². The minimum Gasteiger partial charge on any atom is -0.469 e. The number of nitrogens with zero attached hydrogens (tertiary/aromatic N) is 2. The molecule has 5 atom stereocenters. The lowest BCUT2D eigenvalue weighted by atomic mass is 9.97. The molecule has 1 aromatic heterocycles. The number of carbonyl (C=O) groups excluding carboxylic acids is 1. The van der Waals surface area contributed by atoms with Gasteiger partial charge >= 0.3 is 11.7 Å². The highest BCUT2D eigenvalue weighted by Gasteiger charge is 2.43. The maximum atomic E-state index is 12.1. The fourth-order valence-electron chi connectivity index (χ4n) is 2.92. The molecule has 2 rings (SSSR count). The van der Waals surface area contributed by atoms with Crippen molar-refractivity contribution in [2.24, 2.45) is 5.92 Å². The third-order valence-corrected chi connectivity index (χ3v) is 4.49. The van der Waals surface area contributed by atoms with Crippen molar-refractivity contribution in [3.63, 3.8) is 0 Å². The number of hydrogen-bond donors (Lipinski definition) is 4. The molecule has 0 aromatic carbocycles. The van der Waals surface area contributed by atoms with E-state index >= 15 is 0 Å². The second-order valence-electron chi connectivity index (χ2n) is 6.49. The first-order valence-electron chi connectivity index (χ1n) is 8.35. The predicted molar refractivity (Wildman–Crippen MR) is 90.0 cm³/mol. The molecule has 1 unspecified atom stereocenters. The van der Waals surface area contributed by atoms with E-state index in [1.807, 2.05) is 6.92 Å². The molecular weight excluding hydrogens is 346 g/mol. The van der Waals surface area contributed by atoms with E-state index in [1.54, 1.807) is 0 Å². The van der Waals surface area contributed by atoms with Gasteiger partial charge in [-0.2, -0.15) is 4.98 Å². The molecule has 26 heavy (non-hydrogen) atoms. The molecule has 0 bridgehead atoms. The van der Waals surface area contributed by atoms with E-state index in [1.165, 1.54) is 13.3 Å². The van der Waals surface area contributed by atoms with Crippen LogP contribution in [0.3, 0.4) is 0 Å². The molecule has 0 spiro atoms.